The third-order valence-corrected chi connectivity index (χ3v) is 4.06. The number of aryl methyl sites for hydroxylation is 2. The van der Waals surface area contributed by atoms with E-state index in [0.29, 0.717) is 5.56 Å². The quantitative estimate of drug-likeness (QED) is 0.537. The van der Waals surface area contributed by atoms with Gasteiger partial charge in [-0.15, -0.1) is 0 Å². The van der Waals surface area contributed by atoms with E-state index in [2.05, 4.69) is 35.4 Å². The lowest BCUT2D eigenvalue weighted by Crippen LogP contribution is -2.14. The summed E-state index contributed by atoms with van der Waals surface area (Å²) >= 11 is 0. The summed E-state index contributed by atoms with van der Waals surface area (Å²) in [5.41, 5.74) is 4.72. The third-order valence-electron chi connectivity index (χ3n) is 4.06. The van der Waals surface area contributed by atoms with Crippen LogP contribution in [0.2, 0.25) is 0 Å². The van der Waals surface area contributed by atoms with E-state index in [1.807, 2.05) is 24.3 Å². The number of benzene rings is 2. The Kier molecular flexibility index (Phi) is 4.75. The van der Waals surface area contributed by atoms with Gasteiger partial charge in [0.1, 0.15) is 0 Å². The molecule has 1 heterocycles. The molecule has 0 aliphatic heterocycles. The Morgan fingerprint density at radius 3 is 2.52 bits per heavy atom. The highest BCUT2D eigenvalue weighted by molar-refractivity contribution is 5.55. The van der Waals surface area contributed by atoms with Crippen molar-refractivity contribution in [2.45, 2.75) is 19.9 Å². The molecule has 0 radical (unpaired) electrons. The van der Waals surface area contributed by atoms with Crippen LogP contribution >= 0.6 is 0 Å². The van der Waals surface area contributed by atoms with Crippen molar-refractivity contribution in [1.82, 2.24) is 4.98 Å². The van der Waals surface area contributed by atoms with Gasteiger partial charge in [0, 0.05) is 23.5 Å². The second kappa shape index (κ2) is 7.13. The van der Waals surface area contributed by atoms with E-state index >= 15 is 0 Å². The Morgan fingerprint density at radius 1 is 1.04 bits per heavy atom. The van der Waals surface area contributed by atoms with Gasteiger partial charge in [-0.2, -0.15) is 0 Å². The van der Waals surface area contributed by atoms with Crippen molar-refractivity contribution >= 4 is 11.4 Å². The predicted octanol–water partition coefficient (Wildman–Crippen LogP) is 4.81. The molecule has 0 fully saturated rings. The summed E-state index contributed by atoms with van der Waals surface area (Å²) in [6, 6.07) is 19.0. The monoisotopic (exact) mass is 333 g/mol. The molecule has 0 aliphatic rings. The minimum atomic E-state index is -0.365. The van der Waals surface area contributed by atoms with Crippen LogP contribution in [-0.4, -0.2) is 9.91 Å². The van der Waals surface area contributed by atoms with Crippen molar-refractivity contribution in [2.24, 2.45) is 0 Å². The number of hydrogen-bond donors (Lipinski definition) is 1. The Labute approximate surface area is 146 Å². The SMILES string of the molecule is Cc1cccc(C(Nc2ccc([N+](=O)[O-])c(C)c2)c2ccccn2)c1. The highest BCUT2D eigenvalue weighted by atomic mass is 16.6. The van der Waals surface area contributed by atoms with Gasteiger partial charge < -0.3 is 5.32 Å². The van der Waals surface area contributed by atoms with Crippen molar-refractivity contribution < 1.29 is 4.92 Å². The molecule has 1 aromatic heterocycles. The molecule has 0 amide bonds. The molecule has 25 heavy (non-hydrogen) atoms. The molecule has 1 unspecified atom stereocenters. The lowest BCUT2D eigenvalue weighted by atomic mass is 10.0. The van der Waals surface area contributed by atoms with Gasteiger partial charge in [-0.3, -0.25) is 15.1 Å². The summed E-state index contributed by atoms with van der Waals surface area (Å²) in [7, 11) is 0. The van der Waals surface area contributed by atoms with Crippen LogP contribution < -0.4 is 5.32 Å². The number of anilines is 1. The van der Waals surface area contributed by atoms with Crippen LogP contribution in [0, 0.1) is 24.0 Å². The third kappa shape index (κ3) is 3.83. The summed E-state index contributed by atoms with van der Waals surface area (Å²) in [5, 5.41) is 14.5. The standard InChI is InChI=1S/C20H19N3O2/c1-14-6-5-7-16(12-14)20(18-8-3-4-11-21-18)22-17-9-10-19(23(24)25)15(2)13-17/h3-13,20,22H,1-2H3. The fraction of sp³-hybridized carbons (Fsp3) is 0.150. The summed E-state index contributed by atoms with van der Waals surface area (Å²) in [6.07, 6.45) is 1.76. The van der Waals surface area contributed by atoms with E-state index in [1.165, 1.54) is 11.6 Å². The Bertz CT molecular complexity index is 894. The molecule has 126 valence electrons. The predicted molar refractivity (Wildman–Crippen MR) is 98.7 cm³/mol. The molecule has 0 bridgehead atoms. The van der Waals surface area contributed by atoms with E-state index in [9.17, 15) is 10.1 Å². The first-order valence-electron chi connectivity index (χ1n) is 8.03. The fourth-order valence-electron chi connectivity index (χ4n) is 2.84. The molecule has 1 atom stereocenters. The van der Waals surface area contributed by atoms with Gasteiger partial charge in [0.15, 0.2) is 0 Å². The van der Waals surface area contributed by atoms with E-state index in [1.54, 1.807) is 25.3 Å². The second-order valence-corrected chi connectivity index (χ2v) is 6.00. The molecule has 2 aromatic carbocycles. The summed E-state index contributed by atoms with van der Waals surface area (Å²) in [6.45, 7) is 3.79. The van der Waals surface area contributed by atoms with Crippen LogP contribution in [0.25, 0.3) is 0 Å². The molecule has 0 spiro atoms. The molecule has 0 saturated heterocycles. The minimum absolute atomic E-state index is 0.121. The normalized spacial score (nSPS) is 11.8. The molecular formula is C20H19N3O2. The number of aromatic nitrogens is 1. The van der Waals surface area contributed by atoms with E-state index < -0.39 is 0 Å². The molecular weight excluding hydrogens is 314 g/mol. The smallest absolute Gasteiger partial charge is 0.272 e. The van der Waals surface area contributed by atoms with Gasteiger partial charge >= 0.3 is 0 Å². The zero-order valence-corrected chi connectivity index (χ0v) is 14.1. The van der Waals surface area contributed by atoms with Crippen molar-refractivity contribution in [1.29, 1.82) is 0 Å². The van der Waals surface area contributed by atoms with Gasteiger partial charge in [0.2, 0.25) is 0 Å². The number of rotatable bonds is 5. The summed E-state index contributed by atoms with van der Waals surface area (Å²) < 4.78 is 0. The molecule has 3 aromatic rings. The van der Waals surface area contributed by atoms with Gasteiger partial charge in [0.05, 0.1) is 16.7 Å². The van der Waals surface area contributed by atoms with Crippen LogP contribution in [0.1, 0.15) is 28.4 Å². The first kappa shape index (κ1) is 16.6. The van der Waals surface area contributed by atoms with Crippen LogP contribution in [0.4, 0.5) is 11.4 Å². The number of nitro groups is 1. The minimum Gasteiger partial charge on any atom is -0.373 e. The highest BCUT2D eigenvalue weighted by Gasteiger charge is 2.17. The fourth-order valence-corrected chi connectivity index (χ4v) is 2.84. The Morgan fingerprint density at radius 2 is 1.88 bits per heavy atom. The van der Waals surface area contributed by atoms with Crippen molar-refractivity contribution in [3.05, 3.63) is 99.4 Å². The van der Waals surface area contributed by atoms with Gasteiger partial charge in [-0.1, -0.05) is 35.9 Å². The lowest BCUT2D eigenvalue weighted by molar-refractivity contribution is -0.385. The molecule has 5 heteroatoms. The largest absolute Gasteiger partial charge is 0.373 e. The number of hydrogen-bond acceptors (Lipinski definition) is 4. The topological polar surface area (TPSA) is 68.1 Å². The van der Waals surface area contributed by atoms with Crippen LogP contribution in [0.5, 0.6) is 0 Å². The first-order valence-corrected chi connectivity index (χ1v) is 8.03. The van der Waals surface area contributed by atoms with Crippen LogP contribution in [-0.2, 0) is 0 Å². The lowest BCUT2D eigenvalue weighted by Gasteiger charge is -2.21. The van der Waals surface area contributed by atoms with Gasteiger partial charge in [-0.25, -0.2) is 0 Å². The van der Waals surface area contributed by atoms with Crippen molar-refractivity contribution in [3.63, 3.8) is 0 Å². The Balaban J connectivity index is 1.98. The zero-order valence-electron chi connectivity index (χ0n) is 14.1. The molecule has 5 nitrogen and oxygen atoms in total. The number of nitrogens with one attached hydrogen (secondary N) is 1. The maximum atomic E-state index is 11.0. The number of pyridine rings is 1. The van der Waals surface area contributed by atoms with E-state index in [-0.39, 0.29) is 16.7 Å². The Hall–Kier alpha value is -3.21. The van der Waals surface area contributed by atoms with Gasteiger partial charge in [0.25, 0.3) is 5.69 Å². The summed E-state index contributed by atoms with van der Waals surface area (Å²) in [4.78, 5) is 15.1. The summed E-state index contributed by atoms with van der Waals surface area (Å²) in [5.74, 6) is 0. The number of nitro benzene ring substituents is 1. The first-order chi connectivity index (χ1) is 12.0. The maximum Gasteiger partial charge on any atom is 0.272 e. The maximum absolute atomic E-state index is 11.0. The van der Waals surface area contributed by atoms with Crippen LogP contribution in [0.15, 0.2) is 66.9 Å². The van der Waals surface area contributed by atoms with Crippen LogP contribution in [0.3, 0.4) is 0 Å². The number of nitrogens with zero attached hydrogens (tertiary/aromatic N) is 2. The van der Waals surface area contributed by atoms with Crippen molar-refractivity contribution in [3.8, 4) is 0 Å². The van der Waals surface area contributed by atoms with E-state index in [0.717, 1.165) is 16.9 Å². The second-order valence-electron chi connectivity index (χ2n) is 6.00. The molecule has 0 saturated carbocycles. The molecule has 3 rings (SSSR count). The van der Waals surface area contributed by atoms with E-state index in [4.69, 9.17) is 0 Å². The molecule has 1 N–H and O–H groups in total. The zero-order chi connectivity index (χ0) is 17.8. The average molecular weight is 333 g/mol. The molecule has 0 aliphatic carbocycles. The van der Waals surface area contributed by atoms with Gasteiger partial charge in [-0.05, 0) is 43.7 Å². The average Bonchev–Trinajstić information content (AvgIpc) is 2.60. The van der Waals surface area contributed by atoms with Crippen molar-refractivity contribution in [2.75, 3.05) is 5.32 Å². The highest BCUT2D eigenvalue weighted by Crippen LogP contribution is 2.28.